The third-order valence-corrected chi connectivity index (χ3v) is 5.58. The number of hydrogen-bond donors (Lipinski definition) is 1. The van der Waals surface area contributed by atoms with E-state index in [1.54, 1.807) is 18.3 Å². The van der Waals surface area contributed by atoms with Crippen molar-refractivity contribution in [3.05, 3.63) is 75.4 Å². The molecule has 0 aliphatic carbocycles. The molecule has 1 aromatic heterocycles. The Morgan fingerprint density at radius 2 is 1.81 bits per heavy atom. The summed E-state index contributed by atoms with van der Waals surface area (Å²) >= 11 is 9.07. The number of hydrogen-bond acceptors (Lipinski definition) is 3. The largest absolute Gasteiger partial charge is 0.265 e. The van der Waals surface area contributed by atoms with Gasteiger partial charge in [-0.1, -0.05) is 23.7 Å². The number of sulfonamides is 1. The van der Waals surface area contributed by atoms with E-state index in [-0.39, 0.29) is 5.82 Å². The zero-order valence-electron chi connectivity index (χ0n) is 13.0. The third kappa shape index (κ3) is 4.22. The lowest BCUT2D eigenvalue weighted by Gasteiger charge is -2.06. The highest BCUT2D eigenvalue weighted by molar-refractivity contribution is 9.10. The third-order valence-electron chi connectivity index (χ3n) is 3.41. The van der Waals surface area contributed by atoms with Gasteiger partial charge in [0.25, 0.3) is 10.0 Å². The van der Waals surface area contributed by atoms with Crippen LogP contribution >= 0.6 is 27.5 Å². The van der Waals surface area contributed by atoms with Crippen molar-refractivity contribution in [2.45, 2.75) is 11.4 Å². The minimum atomic E-state index is -4.12. The summed E-state index contributed by atoms with van der Waals surface area (Å²) in [5, 5.41) is 4.76. The molecule has 1 heterocycles. The highest BCUT2D eigenvalue weighted by Gasteiger charge is 2.20. The summed E-state index contributed by atoms with van der Waals surface area (Å²) < 4.78 is 55.1. The molecule has 3 aromatic rings. The summed E-state index contributed by atoms with van der Waals surface area (Å²) in [7, 11) is -4.12. The molecular formula is C16H11BrClF2N3O2S. The van der Waals surface area contributed by atoms with Gasteiger partial charge in [-0.25, -0.2) is 17.2 Å². The summed E-state index contributed by atoms with van der Waals surface area (Å²) in [6.45, 7) is 0.392. The summed E-state index contributed by atoms with van der Waals surface area (Å²) in [5.41, 5.74) is 0.916. The molecule has 2 aromatic carbocycles. The fraction of sp³-hybridized carbons (Fsp3) is 0.0625. The molecule has 136 valence electrons. The Labute approximate surface area is 161 Å². The number of benzene rings is 2. The molecule has 0 atom stereocenters. The second-order valence-electron chi connectivity index (χ2n) is 5.33. The Kier molecular flexibility index (Phi) is 5.31. The second-order valence-corrected chi connectivity index (χ2v) is 8.30. The van der Waals surface area contributed by atoms with Gasteiger partial charge in [0.1, 0.15) is 0 Å². The first-order valence-corrected chi connectivity index (χ1v) is 9.85. The first-order chi connectivity index (χ1) is 12.2. The van der Waals surface area contributed by atoms with E-state index in [2.05, 4.69) is 25.8 Å². The number of anilines is 1. The van der Waals surface area contributed by atoms with Crippen LogP contribution < -0.4 is 4.72 Å². The fourth-order valence-electron chi connectivity index (χ4n) is 2.15. The Balaban J connectivity index is 1.82. The van der Waals surface area contributed by atoms with Crippen molar-refractivity contribution >= 4 is 43.4 Å². The number of rotatable bonds is 5. The summed E-state index contributed by atoms with van der Waals surface area (Å²) in [5.74, 6) is -2.35. The average molecular weight is 463 g/mol. The maximum absolute atomic E-state index is 13.3. The molecule has 0 amide bonds. The number of nitrogens with zero attached hydrogens (tertiary/aromatic N) is 2. The van der Waals surface area contributed by atoms with Crippen LogP contribution in [0, 0.1) is 11.6 Å². The highest BCUT2D eigenvalue weighted by atomic mass is 79.9. The van der Waals surface area contributed by atoms with Gasteiger partial charge in [-0.2, -0.15) is 5.10 Å². The quantitative estimate of drug-likeness (QED) is 0.610. The molecular weight excluding hydrogens is 452 g/mol. The highest BCUT2D eigenvalue weighted by Crippen LogP contribution is 2.24. The molecule has 10 heteroatoms. The Hall–Kier alpha value is -1.97. The van der Waals surface area contributed by atoms with Gasteiger partial charge in [0.05, 0.1) is 15.9 Å². The first kappa shape index (κ1) is 18.8. The van der Waals surface area contributed by atoms with E-state index >= 15 is 0 Å². The van der Waals surface area contributed by atoms with Crippen LogP contribution in [-0.2, 0) is 16.6 Å². The van der Waals surface area contributed by atoms with Crippen LogP contribution in [0.25, 0.3) is 0 Å². The van der Waals surface area contributed by atoms with Gasteiger partial charge in [0.15, 0.2) is 17.5 Å². The van der Waals surface area contributed by atoms with E-state index in [1.165, 1.54) is 4.68 Å². The van der Waals surface area contributed by atoms with Crippen molar-refractivity contribution in [1.29, 1.82) is 0 Å². The van der Waals surface area contributed by atoms with Crippen LogP contribution in [0.15, 0.2) is 58.0 Å². The fourth-order valence-corrected chi connectivity index (χ4v) is 3.86. The van der Waals surface area contributed by atoms with Crippen molar-refractivity contribution in [2.24, 2.45) is 0 Å². The normalized spacial score (nSPS) is 11.5. The lowest BCUT2D eigenvalue weighted by Crippen LogP contribution is -2.14. The molecule has 0 unspecified atom stereocenters. The van der Waals surface area contributed by atoms with Crippen LogP contribution in [0.4, 0.5) is 14.6 Å². The van der Waals surface area contributed by atoms with E-state index in [1.807, 2.05) is 12.1 Å². The van der Waals surface area contributed by atoms with Gasteiger partial charge < -0.3 is 0 Å². The zero-order chi connectivity index (χ0) is 18.9. The maximum Gasteiger partial charge on any atom is 0.263 e. The molecule has 1 N–H and O–H groups in total. The Morgan fingerprint density at radius 1 is 1.12 bits per heavy atom. The molecule has 5 nitrogen and oxygen atoms in total. The minimum absolute atomic E-state index is 0.0312. The zero-order valence-corrected chi connectivity index (χ0v) is 16.1. The number of aromatic nitrogens is 2. The molecule has 0 radical (unpaired) electrons. The molecule has 0 aliphatic heterocycles. The lowest BCUT2D eigenvalue weighted by molar-refractivity contribution is 0.504. The molecule has 3 rings (SSSR count). The molecule has 26 heavy (non-hydrogen) atoms. The topological polar surface area (TPSA) is 64.0 Å². The van der Waals surface area contributed by atoms with Crippen molar-refractivity contribution < 1.29 is 17.2 Å². The first-order valence-electron chi connectivity index (χ1n) is 7.20. The molecule has 0 saturated carbocycles. The smallest absolute Gasteiger partial charge is 0.263 e. The molecule has 0 aliphatic rings. The van der Waals surface area contributed by atoms with Gasteiger partial charge in [-0.3, -0.25) is 9.40 Å². The van der Waals surface area contributed by atoms with Gasteiger partial charge >= 0.3 is 0 Å². The van der Waals surface area contributed by atoms with E-state index in [4.69, 9.17) is 11.6 Å². The van der Waals surface area contributed by atoms with Gasteiger partial charge in [0.2, 0.25) is 0 Å². The number of nitrogens with one attached hydrogen (secondary N) is 1. The monoisotopic (exact) mass is 461 g/mol. The van der Waals surface area contributed by atoms with E-state index in [0.717, 1.165) is 17.7 Å². The van der Waals surface area contributed by atoms with Crippen LogP contribution in [0.1, 0.15) is 5.56 Å². The van der Waals surface area contributed by atoms with Gasteiger partial charge in [0, 0.05) is 11.2 Å². The Morgan fingerprint density at radius 3 is 2.46 bits per heavy atom. The molecule has 0 fully saturated rings. The maximum atomic E-state index is 13.3. The SMILES string of the molecule is O=S(=O)(Nc1nn(Cc2ccc(Cl)cc2)cc1Br)c1ccc(F)c(F)c1. The van der Waals surface area contributed by atoms with Gasteiger partial charge in [-0.05, 0) is 51.8 Å². The lowest BCUT2D eigenvalue weighted by atomic mass is 10.2. The van der Waals surface area contributed by atoms with Gasteiger partial charge in [-0.15, -0.1) is 0 Å². The second kappa shape index (κ2) is 7.34. The minimum Gasteiger partial charge on any atom is -0.265 e. The van der Waals surface area contributed by atoms with Crippen molar-refractivity contribution in [3.63, 3.8) is 0 Å². The molecule has 0 spiro atoms. The summed E-state index contributed by atoms with van der Waals surface area (Å²) in [4.78, 5) is -0.407. The van der Waals surface area contributed by atoms with Crippen LogP contribution in [-0.4, -0.2) is 18.2 Å². The molecule has 0 saturated heterocycles. The molecule has 0 bridgehead atoms. The van der Waals surface area contributed by atoms with Crippen molar-refractivity contribution in [2.75, 3.05) is 4.72 Å². The number of halogens is 4. The summed E-state index contributed by atoms with van der Waals surface area (Å²) in [6.07, 6.45) is 1.59. The van der Waals surface area contributed by atoms with Crippen LogP contribution in [0.5, 0.6) is 0 Å². The van der Waals surface area contributed by atoms with Crippen molar-refractivity contribution in [3.8, 4) is 0 Å². The average Bonchev–Trinajstić information content (AvgIpc) is 2.91. The summed E-state index contributed by atoms with van der Waals surface area (Å²) in [6, 6.07) is 9.45. The van der Waals surface area contributed by atoms with E-state index in [0.29, 0.717) is 22.1 Å². The van der Waals surface area contributed by atoms with Crippen LogP contribution in [0.3, 0.4) is 0 Å². The van der Waals surface area contributed by atoms with Crippen molar-refractivity contribution in [1.82, 2.24) is 9.78 Å². The van der Waals surface area contributed by atoms with E-state index in [9.17, 15) is 17.2 Å². The Bertz CT molecular complexity index is 1060. The predicted octanol–water partition coefficient (Wildman–Crippen LogP) is 4.43. The van der Waals surface area contributed by atoms with Crippen LogP contribution in [0.2, 0.25) is 5.02 Å². The predicted molar refractivity (Wildman–Crippen MR) is 97.6 cm³/mol. The standard InChI is InChI=1S/C16H11BrClF2N3O2S/c17-13-9-23(8-10-1-3-11(18)4-2-10)21-16(13)22-26(24,25)12-5-6-14(19)15(20)7-12/h1-7,9H,8H2,(H,21,22). The van der Waals surface area contributed by atoms with E-state index < -0.39 is 26.6 Å².